The summed E-state index contributed by atoms with van der Waals surface area (Å²) in [6.45, 7) is 7.33. The van der Waals surface area contributed by atoms with Gasteiger partial charge in [-0.05, 0) is 86.4 Å². The molecule has 0 aromatic carbocycles. The highest BCUT2D eigenvalue weighted by atomic mass is 14.6. The molecule has 0 aromatic rings. The molecule has 0 aliphatic heterocycles. The molecular formula is C32H60. The minimum Gasteiger partial charge on any atom is -0.0654 e. The van der Waals surface area contributed by atoms with Crippen LogP contribution in [0.2, 0.25) is 0 Å². The second-order valence-electron chi connectivity index (χ2n) is 13.0. The van der Waals surface area contributed by atoms with Gasteiger partial charge in [0.1, 0.15) is 0 Å². The number of hydrogen-bond donors (Lipinski definition) is 0. The average molecular weight is 445 g/mol. The van der Waals surface area contributed by atoms with Gasteiger partial charge in [0.2, 0.25) is 0 Å². The van der Waals surface area contributed by atoms with Crippen molar-refractivity contribution in [2.75, 3.05) is 0 Å². The first kappa shape index (κ1) is 26.6. The third-order valence-corrected chi connectivity index (χ3v) is 10.8. The van der Waals surface area contributed by atoms with E-state index >= 15 is 0 Å². The van der Waals surface area contributed by atoms with Crippen molar-refractivity contribution in [3.05, 3.63) is 0 Å². The van der Waals surface area contributed by atoms with Gasteiger partial charge in [-0.25, -0.2) is 0 Å². The van der Waals surface area contributed by atoms with E-state index in [0.717, 1.165) is 5.92 Å². The van der Waals surface area contributed by atoms with E-state index in [1.165, 1.54) is 96.3 Å². The molecule has 3 saturated carbocycles. The lowest BCUT2D eigenvalue weighted by Gasteiger charge is -2.58. The Morgan fingerprint density at radius 3 is 1.25 bits per heavy atom. The Kier molecular flexibility index (Phi) is 11.0. The number of hydrogen-bond acceptors (Lipinski definition) is 0. The second-order valence-corrected chi connectivity index (χ2v) is 13.0. The molecular weight excluding hydrogens is 384 g/mol. The van der Waals surface area contributed by atoms with E-state index in [0.29, 0.717) is 16.2 Å². The van der Waals surface area contributed by atoms with Gasteiger partial charge in [0, 0.05) is 0 Å². The third-order valence-electron chi connectivity index (χ3n) is 10.8. The van der Waals surface area contributed by atoms with Crippen molar-refractivity contribution in [2.45, 2.75) is 181 Å². The van der Waals surface area contributed by atoms with E-state index in [4.69, 9.17) is 0 Å². The molecule has 0 amide bonds. The van der Waals surface area contributed by atoms with Gasteiger partial charge in [-0.15, -0.1) is 0 Å². The van der Waals surface area contributed by atoms with Crippen molar-refractivity contribution in [3.8, 4) is 0 Å². The molecule has 0 heterocycles. The standard InChI is InChI=1S/C32H60/c1-4-7-19-30(20-13-10-14-21-30)28-29(31(22-8-5-2)24-15-11-16-25-31)32(23-9-6-3)26-17-12-18-27-32/h29H,4-28H2,1-3H3. The van der Waals surface area contributed by atoms with Gasteiger partial charge >= 0.3 is 0 Å². The van der Waals surface area contributed by atoms with Crippen LogP contribution in [0.15, 0.2) is 0 Å². The van der Waals surface area contributed by atoms with Crippen molar-refractivity contribution >= 4 is 0 Å². The summed E-state index contributed by atoms with van der Waals surface area (Å²) in [5.41, 5.74) is 2.08. The molecule has 0 aromatic heterocycles. The monoisotopic (exact) mass is 444 g/mol. The molecule has 0 nitrogen and oxygen atoms in total. The molecule has 0 spiro atoms. The highest BCUT2D eigenvalue weighted by Gasteiger charge is 2.52. The van der Waals surface area contributed by atoms with Crippen LogP contribution in [0.3, 0.4) is 0 Å². The second kappa shape index (κ2) is 13.2. The quantitative estimate of drug-likeness (QED) is 0.265. The Balaban J connectivity index is 1.99. The van der Waals surface area contributed by atoms with Gasteiger partial charge in [-0.1, -0.05) is 117 Å². The van der Waals surface area contributed by atoms with Gasteiger partial charge in [-0.3, -0.25) is 0 Å². The fraction of sp³-hybridized carbons (Fsp3) is 1.00. The molecule has 3 fully saturated rings. The van der Waals surface area contributed by atoms with E-state index in [-0.39, 0.29) is 0 Å². The van der Waals surface area contributed by atoms with Crippen LogP contribution >= 0.6 is 0 Å². The summed E-state index contributed by atoms with van der Waals surface area (Å²) in [5, 5.41) is 0. The smallest absolute Gasteiger partial charge is 0.0264 e. The summed E-state index contributed by atoms with van der Waals surface area (Å²) in [5.74, 6) is 1.03. The van der Waals surface area contributed by atoms with Crippen molar-refractivity contribution in [2.24, 2.45) is 22.2 Å². The maximum absolute atomic E-state index is 2.45. The zero-order chi connectivity index (χ0) is 22.8. The summed E-state index contributed by atoms with van der Waals surface area (Å²) >= 11 is 0. The first-order valence-corrected chi connectivity index (χ1v) is 15.6. The molecule has 0 unspecified atom stereocenters. The highest BCUT2D eigenvalue weighted by molar-refractivity contribution is 5.03. The molecule has 0 bridgehead atoms. The van der Waals surface area contributed by atoms with Crippen molar-refractivity contribution in [1.82, 2.24) is 0 Å². The first-order chi connectivity index (χ1) is 15.6. The molecule has 3 rings (SSSR count). The highest BCUT2D eigenvalue weighted by Crippen LogP contribution is 2.63. The maximum Gasteiger partial charge on any atom is -0.0264 e. The summed E-state index contributed by atoms with van der Waals surface area (Å²) in [4.78, 5) is 0. The van der Waals surface area contributed by atoms with Crippen LogP contribution < -0.4 is 0 Å². The van der Waals surface area contributed by atoms with Crippen LogP contribution in [0.4, 0.5) is 0 Å². The molecule has 32 heavy (non-hydrogen) atoms. The minimum absolute atomic E-state index is 0.690. The first-order valence-electron chi connectivity index (χ1n) is 15.6. The lowest BCUT2D eigenvalue weighted by atomic mass is 9.47. The Bertz CT molecular complexity index is 454. The summed E-state index contributed by atoms with van der Waals surface area (Å²) in [6.07, 6.45) is 38.1. The Labute approximate surface area is 203 Å². The zero-order valence-electron chi connectivity index (χ0n) is 22.8. The van der Waals surface area contributed by atoms with E-state index < -0.39 is 0 Å². The van der Waals surface area contributed by atoms with Gasteiger partial charge < -0.3 is 0 Å². The minimum atomic E-state index is 0.690. The molecule has 0 saturated heterocycles. The van der Waals surface area contributed by atoms with E-state index in [1.807, 2.05) is 0 Å². The molecule has 0 atom stereocenters. The van der Waals surface area contributed by atoms with Crippen LogP contribution in [0.25, 0.3) is 0 Å². The number of rotatable bonds is 13. The Morgan fingerprint density at radius 1 is 0.469 bits per heavy atom. The SMILES string of the molecule is CCCCC1(CC(C2(CCCC)CCCCC2)C2(CCCC)CCCCC2)CCCCC1. The van der Waals surface area contributed by atoms with Crippen LogP contribution in [-0.4, -0.2) is 0 Å². The van der Waals surface area contributed by atoms with Crippen molar-refractivity contribution in [3.63, 3.8) is 0 Å². The third kappa shape index (κ3) is 6.56. The molecule has 188 valence electrons. The topological polar surface area (TPSA) is 0 Å². The predicted molar refractivity (Wildman–Crippen MR) is 143 cm³/mol. The molecule has 0 N–H and O–H groups in total. The number of unbranched alkanes of at least 4 members (excludes halogenated alkanes) is 3. The Hall–Kier alpha value is 0. The fourth-order valence-electron chi connectivity index (χ4n) is 9.04. The normalized spacial score (nSPS) is 25.1. The molecule has 0 radical (unpaired) electrons. The van der Waals surface area contributed by atoms with Gasteiger partial charge in [0.25, 0.3) is 0 Å². The zero-order valence-corrected chi connectivity index (χ0v) is 22.8. The van der Waals surface area contributed by atoms with E-state index in [2.05, 4.69) is 20.8 Å². The largest absolute Gasteiger partial charge is 0.0654 e. The predicted octanol–water partition coefficient (Wildman–Crippen LogP) is 11.4. The van der Waals surface area contributed by atoms with Gasteiger partial charge in [0.05, 0.1) is 0 Å². The fourth-order valence-corrected chi connectivity index (χ4v) is 9.04. The summed E-state index contributed by atoms with van der Waals surface area (Å²) in [6, 6.07) is 0. The van der Waals surface area contributed by atoms with Crippen LogP contribution in [0.5, 0.6) is 0 Å². The van der Waals surface area contributed by atoms with Crippen LogP contribution in [0.1, 0.15) is 181 Å². The molecule has 3 aliphatic carbocycles. The van der Waals surface area contributed by atoms with Crippen LogP contribution in [-0.2, 0) is 0 Å². The molecule has 3 aliphatic rings. The lowest BCUT2D eigenvalue weighted by Crippen LogP contribution is -2.48. The maximum atomic E-state index is 2.45. The van der Waals surface area contributed by atoms with Crippen LogP contribution in [0, 0.1) is 22.2 Å². The van der Waals surface area contributed by atoms with E-state index in [1.54, 1.807) is 64.2 Å². The lowest BCUT2D eigenvalue weighted by molar-refractivity contribution is -0.0776. The van der Waals surface area contributed by atoms with Crippen molar-refractivity contribution < 1.29 is 0 Å². The van der Waals surface area contributed by atoms with Crippen molar-refractivity contribution in [1.29, 1.82) is 0 Å². The van der Waals surface area contributed by atoms with Gasteiger partial charge in [0.15, 0.2) is 0 Å². The average Bonchev–Trinajstić information content (AvgIpc) is 2.85. The summed E-state index contributed by atoms with van der Waals surface area (Å²) in [7, 11) is 0. The van der Waals surface area contributed by atoms with E-state index in [9.17, 15) is 0 Å². The molecule has 0 heteroatoms. The summed E-state index contributed by atoms with van der Waals surface area (Å²) < 4.78 is 0. The Morgan fingerprint density at radius 2 is 0.844 bits per heavy atom. The van der Waals surface area contributed by atoms with Gasteiger partial charge in [-0.2, -0.15) is 0 Å².